The molecule has 3 nitrogen and oxygen atoms in total. The Hall–Kier alpha value is -1.46. The molecule has 1 aromatic heterocycles. The molecule has 0 aliphatic carbocycles. The van der Waals surface area contributed by atoms with E-state index in [1.54, 1.807) is 39.9 Å². The van der Waals surface area contributed by atoms with E-state index in [2.05, 4.69) is 4.98 Å². The number of carbonyl (C=O) groups excluding carboxylic acids is 1. The minimum Gasteiger partial charge on any atom is -0.423 e. The van der Waals surface area contributed by atoms with Gasteiger partial charge in [0.2, 0.25) is 0 Å². The highest BCUT2D eigenvalue weighted by Crippen LogP contribution is 2.36. The number of fused-ring (bicyclic) bond motifs is 2. The van der Waals surface area contributed by atoms with Crippen LogP contribution >= 0.6 is 21.6 Å². The third-order valence-corrected chi connectivity index (χ3v) is 4.68. The first-order chi connectivity index (χ1) is 8.83. The van der Waals surface area contributed by atoms with E-state index in [9.17, 15) is 4.79 Å². The van der Waals surface area contributed by atoms with Gasteiger partial charge in [0.15, 0.2) is 0 Å². The number of pyridine rings is 1. The minimum atomic E-state index is -0.251. The predicted octanol–water partition coefficient (Wildman–Crippen LogP) is 3.55. The second-order valence-corrected chi connectivity index (χ2v) is 6.04. The summed E-state index contributed by atoms with van der Waals surface area (Å²) < 4.78 is 5.15. The third kappa shape index (κ3) is 2.37. The summed E-state index contributed by atoms with van der Waals surface area (Å²) in [6, 6.07) is 11.4. The number of hydrogen-bond donors (Lipinski definition) is 0. The van der Waals surface area contributed by atoms with Gasteiger partial charge in [0.05, 0.1) is 5.56 Å². The first-order valence-corrected chi connectivity index (χ1v) is 7.70. The molecule has 2 heterocycles. The maximum absolute atomic E-state index is 11.3. The fraction of sp³-hybridized carbons (Fsp3) is 0.0769. The lowest BCUT2D eigenvalue weighted by Gasteiger charge is -2.02. The standard InChI is InChI=1S/C13H9NO2S2/c15-13-9-4-5-10(11(7-9)16-13)8-17-18-12-3-1-2-6-14-12/h1-7H,8H2. The lowest BCUT2D eigenvalue weighted by Crippen LogP contribution is -1.99. The fourth-order valence-electron chi connectivity index (χ4n) is 1.60. The molecular weight excluding hydrogens is 266 g/mol. The fourth-order valence-corrected chi connectivity index (χ4v) is 3.60. The second-order valence-electron chi connectivity index (χ2n) is 3.73. The molecule has 3 rings (SSSR count). The summed E-state index contributed by atoms with van der Waals surface area (Å²) in [5, 5.41) is 0.979. The molecule has 0 saturated carbocycles. The Labute approximate surface area is 112 Å². The van der Waals surface area contributed by atoms with Crippen LogP contribution in [0.5, 0.6) is 5.75 Å². The highest BCUT2D eigenvalue weighted by molar-refractivity contribution is 8.76. The van der Waals surface area contributed by atoms with Crippen molar-refractivity contribution in [1.29, 1.82) is 0 Å². The SMILES string of the molecule is O=C1Oc2cc1ccc2CSSc1ccccn1. The van der Waals surface area contributed by atoms with Crippen molar-refractivity contribution in [1.82, 2.24) is 4.98 Å². The topological polar surface area (TPSA) is 39.2 Å². The van der Waals surface area contributed by atoms with Crippen molar-refractivity contribution in [2.45, 2.75) is 10.8 Å². The van der Waals surface area contributed by atoms with Crippen molar-refractivity contribution in [2.75, 3.05) is 0 Å². The molecule has 1 aromatic carbocycles. The van der Waals surface area contributed by atoms with Crippen LogP contribution in [0.4, 0.5) is 0 Å². The average Bonchev–Trinajstić information content (AvgIpc) is 2.70. The Bertz CT molecular complexity index is 587. The van der Waals surface area contributed by atoms with Crippen molar-refractivity contribution in [3.8, 4) is 5.75 Å². The lowest BCUT2D eigenvalue weighted by atomic mass is 10.2. The Kier molecular flexibility index (Phi) is 3.25. The molecule has 1 aliphatic rings. The van der Waals surface area contributed by atoms with E-state index >= 15 is 0 Å². The van der Waals surface area contributed by atoms with Gasteiger partial charge in [0, 0.05) is 17.5 Å². The quantitative estimate of drug-likeness (QED) is 0.630. The van der Waals surface area contributed by atoms with Crippen LogP contribution in [0.25, 0.3) is 0 Å². The average molecular weight is 275 g/mol. The molecule has 90 valence electrons. The summed E-state index contributed by atoms with van der Waals surface area (Å²) in [6.45, 7) is 0. The summed E-state index contributed by atoms with van der Waals surface area (Å²) in [5.74, 6) is 1.22. The van der Waals surface area contributed by atoms with Gasteiger partial charge in [-0.15, -0.1) is 0 Å². The molecule has 0 amide bonds. The van der Waals surface area contributed by atoms with Crippen LogP contribution in [0.3, 0.4) is 0 Å². The largest absolute Gasteiger partial charge is 0.423 e. The van der Waals surface area contributed by atoms with E-state index in [4.69, 9.17) is 4.74 Å². The molecule has 0 unspecified atom stereocenters. The first-order valence-electron chi connectivity index (χ1n) is 5.38. The van der Waals surface area contributed by atoms with Crippen LogP contribution in [-0.2, 0) is 5.75 Å². The molecule has 0 saturated heterocycles. The molecule has 1 aliphatic heterocycles. The summed E-state index contributed by atoms with van der Waals surface area (Å²) >= 11 is 0. The summed E-state index contributed by atoms with van der Waals surface area (Å²) in [6.07, 6.45) is 1.78. The Morgan fingerprint density at radius 1 is 1.22 bits per heavy atom. The van der Waals surface area contributed by atoms with Gasteiger partial charge >= 0.3 is 5.97 Å². The highest BCUT2D eigenvalue weighted by Gasteiger charge is 2.20. The monoisotopic (exact) mass is 275 g/mol. The number of carbonyl (C=O) groups is 1. The van der Waals surface area contributed by atoms with E-state index in [1.807, 2.05) is 24.3 Å². The zero-order valence-corrected chi connectivity index (χ0v) is 11.0. The van der Waals surface area contributed by atoms with Crippen LogP contribution in [-0.4, -0.2) is 11.0 Å². The molecule has 5 heteroatoms. The van der Waals surface area contributed by atoms with E-state index in [1.165, 1.54) is 0 Å². The van der Waals surface area contributed by atoms with E-state index in [0.29, 0.717) is 11.3 Å². The summed E-state index contributed by atoms with van der Waals surface area (Å²) in [5.41, 5.74) is 1.68. The first kappa shape index (κ1) is 11.6. The zero-order chi connectivity index (χ0) is 12.4. The molecule has 0 atom stereocenters. The van der Waals surface area contributed by atoms with Crippen molar-refractivity contribution in [2.24, 2.45) is 0 Å². The number of rotatable bonds is 4. The Morgan fingerprint density at radius 3 is 3.00 bits per heavy atom. The Balaban J connectivity index is 1.62. The van der Waals surface area contributed by atoms with Gasteiger partial charge < -0.3 is 4.74 Å². The van der Waals surface area contributed by atoms with Crippen LogP contribution in [0.2, 0.25) is 0 Å². The van der Waals surface area contributed by atoms with Gasteiger partial charge in [-0.2, -0.15) is 0 Å². The highest BCUT2D eigenvalue weighted by atomic mass is 33.1. The van der Waals surface area contributed by atoms with Gasteiger partial charge in [-0.1, -0.05) is 22.9 Å². The maximum atomic E-state index is 11.3. The number of nitrogens with zero attached hydrogens (tertiary/aromatic N) is 1. The van der Waals surface area contributed by atoms with Gasteiger partial charge in [0.1, 0.15) is 10.8 Å². The lowest BCUT2D eigenvalue weighted by molar-refractivity contribution is 0.0754. The smallest absolute Gasteiger partial charge is 0.343 e. The number of esters is 1. The molecule has 0 fully saturated rings. The summed E-state index contributed by atoms with van der Waals surface area (Å²) in [4.78, 5) is 15.5. The maximum Gasteiger partial charge on any atom is 0.343 e. The number of ether oxygens (including phenoxy) is 1. The normalized spacial score (nSPS) is 12.6. The number of aromatic nitrogens is 1. The molecule has 0 radical (unpaired) electrons. The number of benzene rings is 1. The minimum absolute atomic E-state index is 0.251. The van der Waals surface area contributed by atoms with Crippen LogP contribution in [0.1, 0.15) is 15.9 Å². The van der Waals surface area contributed by atoms with E-state index in [-0.39, 0.29) is 5.97 Å². The molecule has 0 N–H and O–H groups in total. The molecule has 2 aromatic rings. The predicted molar refractivity (Wildman–Crippen MR) is 72.8 cm³/mol. The Morgan fingerprint density at radius 2 is 2.17 bits per heavy atom. The molecule has 2 bridgehead atoms. The van der Waals surface area contributed by atoms with E-state index < -0.39 is 0 Å². The second kappa shape index (κ2) is 5.04. The van der Waals surface area contributed by atoms with Crippen LogP contribution < -0.4 is 4.74 Å². The summed E-state index contributed by atoms with van der Waals surface area (Å²) in [7, 11) is 3.29. The van der Waals surface area contributed by atoms with Crippen LogP contribution in [0, 0.1) is 0 Å². The molecular formula is C13H9NO2S2. The van der Waals surface area contributed by atoms with Crippen molar-refractivity contribution >= 4 is 27.6 Å². The van der Waals surface area contributed by atoms with Crippen molar-refractivity contribution in [3.63, 3.8) is 0 Å². The zero-order valence-electron chi connectivity index (χ0n) is 9.33. The van der Waals surface area contributed by atoms with Crippen LogP contribution in [0.15, 0.2) is 47.6 Å². The van der Waals surface area contributed by atoms with Crippen molar-refractivity contribution < 1.29 is 9.53 Å². The number of hydrogen-bond acceptors (Lipinski definition) is 5. The molecule has 18 heavy (non-hydrogen) atoms. The van der Waals surface area contributed by atoms with Gasteiger partial charge in [-0.3, -0.25) is 0 Å². The van der Waals surface area contributed by atoms with Gasteiger partial charge in [-0.25, -0.2) is 9.78 Å². The van der Waals surface area contributed by atoms with Crippen molar-refractivity contribution in [3.05, 3.63) is 53.7 Å². The molecule has 0 spiro atoms. The van der Waals surface area contributed by atoms with Gasteiger partial charge in [0.25, 0.3) is 0 Å². The third-order valence-electron chi connectivity index (χ3n) is 2.50. The van der Waals surface area contributed by atoms with Gasteiger partial charge in [-0.05, 0) is 35.1 Å². The van der Waals surface area contributed by atoms with E-state index in [0.717, 1.165) is 16.3 Å².